The molecule has 2 heterocycles. The molecule has 112 valence electrons. The fraction of sp³-hybridized carbons (Fsp3) is 0.125. The fourth-order valence-corrected chi connectivity index (χ4v) is 2.39. The van der Waals surface area contributed by atoms with Crippen molar-refractivity contribution in [3.05, 3.63) is 60.0 Å². The van der Waals surface area contributed by atoms with E-state index in [1.807, 2.05) is 24.3 Å². The molecular weight excluding hydrogens is 282 g/mol. The first-order valence-electron chi connectivity index (χ1n) is 6.76. The van der Waals surface area contributed by atoms with Gasteiger partial charge in [0, 0.05) is 24.5 Å². The van der Waals surface area contributed by atoms with Crippen LogP contribution >= 0.6 is 0 Å². The molecule has 0 bridgehead atoms. The van der Waals surface area contributed by atoms with Crippen molar-refractivity contribution in [2.75, 3.05) is 12.4 Å². The molecule has 0 atom stereocenters. The maximum Gasteiger partial charge on any atom is 0.355 e. The van der Waals surface area contributed by atoms with E-state index in [9.17, 15) is 9.90 Å². The van der Waals surface area contributed by atoms with Gasteiger partial charge in [-0.3, -0.25) is 4.40 Å². The first kappa shape index (κ1) is 13.9. The number of carboxylic acid groups (broad SMARTS) is 1. The third-order valence-corrected chi connectivity index (χ3v) is 3.43. The molecule has 0 aliphatic rings. The normalized spacial score (nSPS) is 10.6. The second-order valence-electron chi connectivity index (χ2n) is 4.72. The number of aromatic nitrogens is 2. The average molecular weight is 297 g/mol. The molecule has 0 spiro atoms. The predicted octanol–water partition coefficient (Wildman–Crippen LogP) is 2.65. The molecule has 6 heteroatoms. The molecule has 0 saturated carbocycles. The number of para-hydroxylation sites is 1. The molecule has 0 unspecified atom stereocenters. The van der Waals surface area contributed by atoms with Crippen LogP contribution in [0.15, 0.2) is 48.8 Å². The first-order valence-corrected chi connectivity index (χ1v) is 6.76. The van der Waals surface area contributed by atoms with Crippen LogP contribution in [-0.4, -0.2) is 27.6 Å². The zero-order valence-corrected chi connectivity index (χ0v) is 12.0. The van der Waals surface area contributed by atoms with Crippen molar-refractivity contribution in [1.29, 1.82) is 0 Å². The largest absolute Gasteiger partial charge is 0.496 e. The highest BCUT2D eigenvalue weighted by atomic mass is 16.5. The van der Waals surface area contributed by atoms with Gasteiger partial charge in [-0.2, -0.15) is 0 Å². The summed E-state index contributed by atoms with van der Waals surface area (Å²) in [5.41, 5.74) is 2.24. The van der Waals surface area contributed by atoms with Crippen molar-refractivity contribution in [3.63, 3.8) is 0 Å². The minimum Gasteiger partial charge on any atom is -0.496 e. The van der Waals surface area contributed by atoms with E-state index in [0.29, 0.717) is 17.9 Å². The smallest absolute Gasteiger partial charge is 0.355 e. The van der Waals surface area contributed by atoms with E-state index < -0.39 is 5.97 Å². The Balaban J connectivity index is 1.94. The van der Waals surface area contributed by atoms with Gasteiger partial charge in [-0.05, 0) is 18.2 Å². The highest BCUT2D eigenvalue weighted by Gasteiger charge is 2.15. The number of nitrogens with one attached hydrogen (secondary N) is 1. The van der Waals surface area contributed by atoms with Crippen LogP contribution in [-0.2, 0) is 6.54 Å². The molecule has 3 aromatic rings. The third kappa shape index (κ3) is 2.46. The summed E-state index contributed by atoms with van der Waals surface area (Å²) in [4.78, 5) is 15.7. The monoisotopic (exact) mass is 297 g/mol. The summed E-state index contributed by atoms with van der Waals surface area (Å²) >= 11 is 0. The quantitative estimate of drug-likeness (QED) is 0.757. The Morgan fingerprint density at radius 2 is 2.14 bits per heavy atom. The summed E-state index contributed by atoms with van der Waals surface area (Å²) in [6, 6.07) is 11.1. The molecule has 0 fully saturated rings. The van der Waals surface area contributed by atoms with Gasteiger partial charge >= 0.3 is 5.97 Å². The lowest BCUT2D eigenvalue weighted by molar-refractivity contribution is 0.0690. The van der Waals surface area contributed by atoms with E-state index in [1.165, 1.54) is 0 Å². The van der Waals surface area contributed by atoms with Gasteiger partial charge < -0.3 is 15.2 Å². The maximum absolute atomic E-state index is 11.6. The number of hydrogen-bond donors (Lipinski definition) is 2. The molecule has 2 aromatic heterocycles. The number of fused-ring (bicyclic) bond motifs is 1. The fourth-order valence-electron chi connectivity index (χ4n) is 2.39. The van der Waals surface area contributed by atoms with E-state index in [0.717, 1.165) is 11.3 Å². The lowest BCUT2D eigenvalue weighted by Crippen LogP contribution is -2.11. The Kier molecular flexibility index (Phi) is 3.65. The highest BCUT2D eigenvalue weighted by molar-refractivity contribution is 5.93. The number of nitrogens with zero attached hydrogens (tertiary/aromatic N) is 2. The van der Waals surface area contributed by atoms with Gasteiger partial charge in [-0.25, -0.2) is 9.78 Å². The van der Waals surface area contributed by atoms with Gasteiger partial charge in [-0.1, -0.05) is 18.2 Å². The van der Waals surface area contributed by atoms with Crippen molar-refractivity contribution in [2.24, 2.45) is 0 Å². The summed E-state index contributed by atoms with van der Waals surface area (Å²) in [6.07, 6.45) is 3.21. The number of benzene rings is 1. The van der Waals surface area contributed by atoms with Crippen molar-refractivity contribution in [3.8, 4) is 5.75 Å². The van der Waals surface area contributed by atoms with Crippen LogP contribution in [0.5, 0.6) is 5.75 Å². The molecule has 0 radical (unpaired) electrons. The molecular formula is C16H15N3O3. The lowest BCUT2D eigenvalue weighted by Gasteiger charge is -2.13. The molecule has 22 heavy (non-hydrogen) atoms. The average Bonchev–Trinajstić information content (AvgIpc) is 3.00. The minimum atomic E-state index is -1.01. The zero-order valence-electron chi connectivity index (χ0n) is 12.0. The summed E-state index contributed by atoms with van der Waals surface area (Å²) < 4.78 is 6.85. The molecule has 0 saturated heterocycles. The topological polar surface area (TPSA) is 75.9 Å². The Bertz CT molecular complexity index is 826. The zero-order chi connectivity index (χ0) is 15.5. The minimum absolute atomic E-state index is 0.157. The number of pyridine rings is 1. The summed E-state index contributed by atoms with van der Waals surface area (Å²) in [6.45, 7) is 0.463. The van der Waals surface area contributed by atoms with Gasteiger partial charge in [0.15, 0.2) is 5.69 Å². The van der Waals surface area contributed by atoms with Crippen molar-refractivity contribution in [1.82, 2.24) is 9.38 Å². The lowest BCUT2D eigenvalue weighted by atomic mass is 10.2. The Morgan fingerprint density at radius 1 is 1.32 bits per heavy atom. The van der Waals surface area contributed by atoms with Crippen LogP contribution in [0.3, 0.4) is 0 Å². The molecule has 1 aromatic carbocycles. The van der Waals surface area contributed by atoms with Crippen LogP contribution in [0.25, 0.3) is 5.65 Å². The number of imidazole rings is 1. The molecule has 6 nitrogen and oxygen atoms in total. The SMILES string of the molecule is COc1ccccc1CNc1ccc2nccn2c1C(=O)O. The van der Waals surface area contributed by atoms with E-state index in [1.54, 1.807) is 36.0 Å². The van der Waals surface area contributed by atoms with E-state index in [4.69, 9.17) is 4.74 Å². The summed E-state index contributed by atoms with van der Waals surface area (Å²) in [7, 11) is 1.61. The standard InChI is InChI=1S/C16H15N3O3/c1-22-13-5-3-2-4-11(13)10-18-12-6-7-14-17-8-9-19(14)15(12)16(20)21/h2-9,18H,10H2,1H3,(H,20,21). The molecule has 0 aliphatic heterocycles. The van der Waals surface area contributed by atoms with Crippen LogP contribution in [0.1, 0.15) is 16.1 Å². The number of anilines is 1. The van der Waals surface area contributed by atoms with Gasteiger partial charge in [0.2, 0.25) is 0 Å². The Hall–Kier alpha value is -3.02. The van der Waals surface area contributed by atoms with E-state index in [2.05, 4.69) is 10.3 Å². The van der Waals surface area contributed by atoms with Crippen LogP contribution in [0.2, 0.25) is 0 Å². The highest BCUT2D eigenvalue weighted by Crippen LogP contribution is 2.22. The number of methoxy groups -OCH3 is 1. The number of rotatable bonds is 5. The maximum atomic E-state index is 11.6. The van der Waals surface area contributed by atoms with Crippen molar-refractivity contribution in [2.45, 2.75) is 6.54 Å². The molecule has 0 aliphatic carbocycles. The number of carboxylic acids is 1. The Labute approximate surface area is 127 Å². The number of ether oxygens (including phenoxy) is 1. The van der Waals surface area contributed by atoms with Crippen LogP contribution < -0.4 is 10.1 Å². The number of carbonyl (C=O) groups is 1. The van der Waals surface area contributed by atoms with Crippen LogP contribution in [0.4, 0.5) is 5.69 Å². The van der Waals surface area contributed by atoms with E-state index in [-0.39, 0.29) is 5.69 Å². The second-order valence-corrected chi connectivity index (χ2v) is 4.72. The number of aromatic carboxylic acids is 1. The van der Waals surface area contributed by atoms with Gasteiger partial charge in [-0.15, -0.1) is 0 Å². The molecule has 2 N–H and O–H groups in total. The van der Waals surface area contributed by atoms with Crippen LogP contribution in [0, 0.1) is 0 Å². The number of hydrogen-bond acceptors (Lipinski definition) is 4. The molecule has 0 amide bonds. The van der Waals surface area contributed by atoms with Gasteiger partial charge in [0.25, 0.3) is 0 Å². The second kappa shape index (κ2) is 5.77. The first-order chi connectivity index (χ1) is 10.7. The van der Waals surface area contributed by atoms with Crippen molar-refractivity contribution >= 4 is 17.3 Å². The van der Waals surface area contributed by atoms with E-state index >= 15 is 0 Å². The predicted molar refractivity (Wildman–Crippen MR) is 82.5 cm³/mol. The summed E-state index contributed by atoms with van der Waals surface area (Å²) in [5.74, 6) is -0.248. The van der Waals surface area contributed by atoms with Gasteiger partial charge in [0.1, 0.15) is 11.4 Å². The van der Waals surface area contributed by atoms with Crippen molar-refractivity contribution < 1.29 is 14.6 Å². The third-order valence-electron chi connectivity index (χ3n) is 3.43. The summed E-state index contributed by atoms with van der Waals surface area (Å²) in [5, 5.41) is 12.6. The van der Waals surface area contributed by atoms with Gasteiger partial charge in [0.05, 0.1) is 12.8 Å². The Morgan fingerprint density at radius 3 is 2.91 bits per heavy atom. The molecule has 3 rings (SSSR count).